The normalized spacial score (nSPS) is 23.9. The molecular formula is C20H31NO4S2. The zero-order chi connectivity index (χ0) is 19.7. The minimum Gasteiger partial charge on any atom is -0.229 e. The Morgan fingerprint density at radius 1 is 1.04 bits per heavy atom. The lowest BCUT2D eigenvalue weighted by Crippen LogP contribution is -2.43. The van der Waals surface area contributed by atoms with Gasteiger partial charge >= 0.3 is 0 Å². The molecule has 0 N–H and O–H groups in total. The first kappa shape index (κ1) is 20.8. The molecular weight excluding hydrogens is 382 g/mol. The second-order valence-corrected chi connectivity index (χ2v) is 12.5. The van der Waals surface area contributed by atoms with E-state index in [-0.39, 0.29) is 22.3 Å². The molecule has 1 heterocycles. The molecule has 0 amide bonds. The Labute approximate surface area is 164 Å². The third kappa shape index (κ3) is 4.93. The summed E-state index contributed by atoms with van der Waals surface area (Å²) in [7, 11) is -6.85. The average Bonchev–Trinajstić information content (AvgIpc) is 3.00. The third-order valence-corrected chi connectivity index (χ3v) is 9.41. The molecule has 1 aromatic carbocycles. The van der Waals surface area contributed by atoms with Crippen LogP contribution >= 0.6 is 0 Å². The summed E-state index contributed by atoms with van der Waals surface area (Å²) in [5, 5.41) is 0. The van der Waals surface area contributed by atoms with Crippen molar-refractivity contribution in [3.8, 4) is 0 Å². The Bertz CT molecular complexity index is 838. The van der Waals surface area contributed by atoms with Crippen LogP contribution in [0.25, 0.3) is 0 Å². The Balaban J connectivity index is 1.85. The summed E-state index contributed by atoms with van der Waals surface area (Å²) in [5.41, 5.74) is 1.22. The van der Waals surface area contributed by atoms with Gasteiger partial charge in [-0.1, -0.05) is 45.2 Å². The summed E-state index contributed by atoms with van der Waals surface area (Å²) >= 11 is 0. The van der Waals surface area contributed by atoms with Gasteiger partial charge in [0.15, 0.2) is 9.84 Å². The Morgan fingerprint density at radius 3 is 2.19 bits per heavy atom. The van der Waals surface area contributed by atoms with E-state index in [1.807, 2.05) is 26.0 Å². The Morgan fingerprint density at radius 2 is 1.67 bits per heavy atom. The maximum atomic E-state index is 13.3. The van der Waals surface area contributed by atoms with E-state index in [2.05, 4.69) is 0 Å². The molecule has 1 saturated carbocycles. The average molecular weight is 414 g/mol. The molecule has 1 aliphatic carbocycles. The van der Waals surface area contributed by atoms with Gasteiger partial charge in [0.1, 0.15) is 0 Å². The molecule has 5 nitrogen and oxygen atoms in total. The quantitative estimate of drug-likeness (QED) is 0.715. The number of hydrogen-bond donors (Lipinski definition) is 0. The van der Waals surface area contributed by atoms with E-state index in [1.165, 1.54) is 42.0 Å². The van der Waals surface area contributed by atoms with E-state index < -0.39 is 25.9 Å². The van der Waals surface area contributed by atoms with Crippen molar-refractivity contribution in [3.63, 3.8) is 0 Å². The summed E-state index contributed by atoms with van der Waals surface area (Å²) in [5.74, 6) is 0.661. The van der Waals surface area contributed by atoms with E-state index >= 15 is 0 Å². The van der Waals surface area contributed by atoms with Crippen molar-refractivity contribution in [1.82, 2.24) is 4.31 Å². The minimum atomic E-state index is -3.71. The summed E-state index contributed by atoms with van der Waals surface area (Å²) in [6.07, 6.45) is 6.49. The van der Waals surface area contributed by atoms with Crippen LogP contribution in [0.3, 0.4) is 0 Å². The van der Waals surface area contributed by atoms with Gasteiger partial charge in [-0.25, -0.2) is 16.8 Å². The van der Waals surface area contributed by atoms with E-state index in [0.717, 1.165) is 0 Å². The first-order valence-electron chi connectivity index (χ1n) is 10.0. The largest absolute Gasteiger partial charge is 0.243 e. The van der Waals surface area contributed by atoms with Crippen molar-refractivity contribution in [2.45, 2.75) is 69.2 Å². The fourth-order valence-corrected chi connectivity index (χ4v) is 7.93. The highest BCUT2D eigenvalue weighted by Gasteiger charge is 2.39. The zero-order valence-electron chi connectivity index (χ0n) is 16.3. The van der Waals surface area contributed by atoms with Crippen LogP contribution in [-0.4, -0.2) is 45.2 Å². The fraction of sp³-hybridized carbons (Fsp3) is 0.700. The summed E-state index contributed by atoms with van der Waals surface area (Å²) in [6.45, 7) is 4.25. The predicted molar refractivity (Wildman–Crippen MR) is 108 cm³/mol. The third-order valence-electron chi connectivity index (χ3n) is 5.72. The van der Waals surface area contributed by atoms with Gasteiger partial charge in [-0.2, -0.15) is 4.31 Å². The number of benzene rings is 1. The smallest absolute Gasteiger partial charge is 0.229 e. The van der Waals surface area contributed by atoms with Crippen molar-refractivity contribution in [2.24, 2.45) is 5.92 Å². The van der Waals surface area contributed by atoms with Crippen LogP contribution in [0, 0.1) is 5.92 Å². The highest BCUT2D eigenvalue weighted by Crippen LogP contribution is 2.33. The van der Waals surface area contributed by atoms with Crippen LogP contribution < -0.4 is 0 Å². The first-order chi connectivity index (χ1) is 12.7. The number of sulfonamides is 1. The molecule has 0 spiro atoms. The molecule has 2 fully saturated rings. The highest BCUT2D eigenvalue weighted by molar-refractivity contribution is 7.92. The number of sulfone groups is 1. The molecule has 1 atom stereocenters. The molecule has 1 aromatic rings. The molecule has 0 bridgehead atoms. The summed E-state index contributed by atoms with van der Waals surface area (Å²) in [6, 6.07) is 6.84. The van der Waals surface area contributed by atoms with Gasteiger partial charge in [0.05, 0.1) is 16.4 Å². The number of rotatable bonds is 6. The van der Waals surface area contributed by atoms with E-state index in [1.54, 1.807) is 12.1 Å². The van der Waals surface area contributed by atoms with Gasteiger partial charge in [0.25, 0.3) is 0 Å². The van der Waals surface area contributed by atoms with Crippen LogP contribution in [0.1, 0.15) is 63.9 Å². The van der Waals surface area contributed by atoms with E-state index in [9.17, 15) is 16.8 Å². The van der Waals surface area contributed by atoms with Crippen LogP contribution in [0.15, 0.2) is 29.2 Å². The van der Waals surface area contributed by atoms with Gasteiger partial charge in [0.2, 0.25) is 10.0 Å². The summed E-state index contributed by atoms with van der Waals surface area (Å²) < 4.78 is 51.8. The summed E-state index contributed by atoms with van der Waals surface area (Å²) in [4.78, 5) is 0.270. The molecule has 7 heteroatoms. The fourth-order valence-electron chi connectivity index (χ4n) is 4.29. The molecule has 152 valence electrons. The van der Waals surface area contributed by atoms with Crippen molar-refractivity contribution in [1.29, 1.82) is 0 Å². The standard InChI is InChI=1S/C20H31NO4S2/c1-16(2)14-21(19-12-13-26(22,23)15-19)27(24,25)20-10-8-18(9-11-20)17-6-4-3-5-7-17/h8-11,16-17,19H,3-7,12-15H2,1-2H3/t19-/m1/s1. The second kappa shape index (κ2) is 8.21. The molecule has 0 aromatic heterocycles. The predicted octanol–water partition coefficient (Wildman–Crippen LogP) is 3.57. The molecule has 2 aliphatic rings. The second-order valence-electron chi connectivity index (χ2n) is 8.43. The van der Waals surface area contributed by atoms with Gasteiger partial charge < -0.3 is 0 Å². The van der Waals surface area contributed by atoms with Crippen LogP contribution in [0.4, 0.5) is 0 Å². The lowest BCUT2D eigenvalue weighted by molar-refractivity contribution is 0.308. The molecule has 1 aliphatic heterocycles. The molecule has 3 rings (SSSR count). The lowest BCUT2D eigenvalue weighted by atomic mass is 9.84. The van der Waals surface area contributed by atoms with Crippen molar-refractivity contribution < 1.29 is 16.8 Å². The minimum absolute atomic E-state index is 0.0703. The topological polar surface area (TPSA) is 71.5 Å². The zero-order valence-corrected chi connectivity index (χ0v) is 17.9. The molecule has 27 heavy (non-hydrogen) atoms. The SMILES string of the molecule is CC(C)CN([C@@H]1CCS(=O)(=O)C1)S(=O)(=O)c1ccc(C2CCCCC2)cc1. The van der Waals surface area contributed by atoms with E-state index in [4.69, 9.17) is 0 Å². The Kier molecular flexibility index (Phi) is 6.33. The maximum absolute atomic E-state index is 13.3. The van der Waals surface area contributed by atoms with Gasteiger partial charge in [-0.05, 0) is 48.8 Å². The van der Waals surface area contributed by atoms with Crippen LogP contribution in [-0.2, 0) is 19.9 Å². The first-order valence-corrected chi connectivity index (χ1v) is 13.3. The maximum Gasteiger partial charge on any atom is 0.243 e. The van der Waals surface area contributed by atoms with Gasteiger partial charge in [-0.3, -0.25) is 0 Å². The van der Waals surface area contributed by atoms with Crippen molar-refractivity contribution >= 4 is 19.9 Å². The van der Waals surface area contributed by atoms with Crippen LogP contribution in [0.5, 0.6) is 0 Å². The molecule has 1 saturated heterocycles. The highest BCUT2D eigenvalue weighted by atomic mass is 32.2. The lowest BCUT2D eigenvalue weighted by Gasteiger charge is -2.29. The number of nitrogens with zero attached hydrogens (tertiary/aromatic N) is 1. The Hall–Kier alpha value is -0.920. The monoisotopic (exact) mass is 413 g/mol. The van der Waals surface area contributed by atoms with Crippen LogP contribution in [0.2, 0.25) is 0 Å². The van der Waals surface area contributed by atoms with Gasteiger partial charge in [-0.15, -0.1) is 0 Å². The van der Waals surface area contributed by atoms with Crippen molar-refractivity contribution in [3.05, 3.63) is 29.8 Å². The molecule has 0 unspecified atom stereocenters. The molecule has 0 radical (unpaired) electrons. The number of hydrogen-bond acceptors (Lipinski definition) is 4. The van der Waals surface area contributed by atoms with Crippen molar-refractivity contribution in [2.75, 3.05) is 18.1 Å². The van der Waals surface area contributed by atoms with E-state index in [0.29, 0.717) is 18.9 Å². The van der Waals surface area contributed by atoms with Gasteiger partial charge in [0, 0.05) is 12.6 Å².